The summed E-state index contributed by atoms with van der Waals surface area (Å²) in [6, 6.07) is 8.59. The highest BCUT2D eigenvalue weighted by atomic mass is 19.1. The number of fused-ring (bicyclic) bond motifs is 1. The molecule has 9 nitrogen and oxygen atoms in total. The van der Waals surface area contributed by atoms with Crippen molar-refractivity contribution in [2.45, 2.75) is 44.6 Å². The van der Waals surface area contributed by atoms with E-state index in [1.54, 1.807) is 10.7 Å². The number of nitrogens with zero attached hydrogens (tertiary/aromatic N) is 4. The second kappa shape index (κ2) is 11.8. The molecule has 0 spiro atoms. The first-order valence-electron chi connectivity index (χ1n) is 12.2. The lowest BCUT2D eigenvalue weighted by atomic mass is 9.85. The van der Waals surface area contributed by atoms with E-state index < -0.39 is 11.6 Å². The minimum atomic E-state index is -0.411. The summed E-state index contributed by atoms with van der Waals surface area (Å²) in [5, 5.41) is 11.2. The number of rotatable bonds is 4. The van der Waals surface area contributed by atoms with Crippen molar-refractivity contribution in [3.8, 4) is 0 Å². The topological polar surface area (TPSA) is 126 Å². The maximum atomic E-state index is 12.9. The molecular weight excluding hydrogens is 466 g/mol. The monoisotopic (exact) mass is 498 g/mol. The molecule has 11 heteroatoms. The van der Waals surface area contributed by atoms with Gasteiger partial charge in [0.2, 0.25) is 0 Å². The van der Waals surface area contributed by atoms with Crippen LogP contribution in [-0.4, -0.2) is 40.5 Å². The lowest BCUT2D eigenvalue weighted by Gasteiger charge is -2.29. The Morgan fingerprint density at radius 3 is 2.25 bits per heavy atom. The van der Waals surface area contributed by atoms with E-state index in [0.29, 0.717) is 11.4 Å². The molecule has 2 fully saturated rings. The van der Waals surface area contributed by atoms with Gasteiger partial charge in [0, 0.05) is 36.9 Å². The van der Waals surface area contributed by atoms with Crippen molar-refractivity contribution in [3.05, 3.63) is 66.0 Å². The van der Waals surface area contributed by atoms with Gasteiger partial charge in [-0.3, -0.25) is 4.79 Å². The predicted octanol–water partition coefficient (Wildman–Crippen LogP) is 2.92. The zero-order chi connectivity index (χ0) is 25.5. The molecule has 3 aromatic rings. The van der Waals surface area contributed by atoms with Crippen LogP contribution in [0.25, 0.3) is 5.52 Å². The van der Waals surface area contributed by atoms with Crippen LogP contribution in [0.4, 0.5) is 14.5 Å². The number of pyridine rings is 1. The summed E-state index contributed by atoms with van der Waals surface area (Å²) in [7, 11) is 0. The Labute approximate surface area is 208 Å². The Bertz CT molecular complexity index is 1160. The molecular formula is C25H32F2N8O. The molecule has 36 heavy (non-hydrogen) atoms. The van der Waals surface area contributed by atoms with Crippen molar-refractivity contribution >= 4 is 22.9 Å². The molecule has 0 atom stereocenters. The molecule has 2 aliphatic rings. The highest BCUT2D eigenvalue weighted by molar-refractivity contribution is 6.01. The number of halogens is 2. The van der Waals surface area contributed by atoms with Crippen LogP contribution in [0.5, 0.6) is 0 Å². The lowest BCUT2D eigenvalue weighted by Crippen LogP contribution is -2.43. The molecule has 5 rings (SSSR count). The molecule has 0 bridgehead atoms. The number of hydrogen-bond donors (Lipinski definition) is 4. The second-order valence-electron chi connectivity index (χ2n) is 9.08. The number of carbonyl (C=O) groups is 1. The third-order valence-corrected chi connectivity index (χ3v) is 6.76. The van der Waals surface area contributed by atoms with Crippen LogP contribution in [0.15, 0.2) is 53.9 Å². The lowest BCUT2D eigenvalue weighted by molar-refractivity contribution is 0.0927. The highest BCUT2D eigenvalue weighted by Crippen LogP contribution is 2.26. The number of hydrogen-bond acceptors (Lipinski definition) is 6. The zero-order valence-electron chi connectivity index (χ0n) is 20.0. The fourth-order valence-corrected chi connectivity index (χ4v) is 4.78. The minimum absolute atomic E-state index is 0.0679. The molecule has 192 valence electrons. The van der Waals surface area contributed by atoms with Crippen molar-refractivity contribution < 1.29 is 13.6 Å². The van der Waals surface area contributed by atoms with Gasteiger partial charge < -0.3 is 21.5 Å². The van der Waals surface area contributed by atoms with E-state index in [1.165, 1.54) is 12.8 Å². The van der Waals surface area contributed by atoms with Crippen LogP contribution in [-0.2, 0) is 0 Å². The number of hydrazone groups is 1. The predicted molar refractivity (Wildman–Crippen MR) is 135 cm³/mol. The van der Waals surface area contributed by atoms with Crippen LogP contribution in [0.3, 0.4) is 0 Å². The number of hydrazine groups is 1. The third kappa shape index (κ3) is 6.09. The molecule has 6 N–H and O–H groups in total. The molecule has 0 radical (unpaired) electrons. The van der Waals surface area contributed by atoms with Crippen LogP contribution in [0.2, 0.25) is 0 Å². The smallest absolute Gasteiger partial charge is 0.255 e. The Balaban J connectivity index is 0.000000325. The molecule has 1 aliphatic heterocycles. The van der Waals surface area contributed by atoms with Crippen molar-refractivity contribution in [2.24, 2.45) is 22.7 Å². The SMILES string of the molecule is Fc1ccc(F)cc1.N/N=C(\NN)C1CCC(NC(=O)c2cnn3ccc(N4CCCC4)cc23)CC1. The van der Waals surface area contributed by atoms with Crippen LogP contribution in [0.1, 0.15) is 48.9 Å². The fourth-order valence-electron chi connectivity index (χ4n) is 4.78. The Hall–Kier alpha value is -3.73. The molecule has 1 aromatic carbocycles. The normalized spacial score (nSPS) is 20.1. The first-order valence-corrected chi connectivity index (χ1v) is 12.2. The number of amidine groups is 1. The molecule has 3 heterocycles. The maximum Gasteiger partial charge on any atom is 0.255 e. The highest BCUT2D eigenvalue weighted by Gasteiger charge is 2.26. The van der Waals surface area contributed by atoms with Crippen LogP contribution >= 0.6 is 0 Å². The quantitative estimate of drug-likeness (QED) is 0.190. The second-order valence-corrected chi connectivity index (χ2v) is 9.08. The summed E-state index contributed by atoms with van der Waals surface area (Å²) in [5.41, 5.74) is 5.20. The average molecular weight is 499 g/mol. The summed E-state index contributed by atoms with van der Waals surface area (Å²) < 4.78 is 25.6. The average Bonchev–Trinajstić information content (AvgIpc) is 3.58. The van der Waals surface area contributed by atoms with Gasteiger partial charge in [-0.1, -0.05) is 0 Å². The van der Waals surface area contributed by atoms with Gasteiger partial charge in [-0.2, -0.15) is 10.2 Å². The molecule has 0 unspecified atom stereocenters. The number of anilines is 1. The standard InChI is InChI=1S/C19H28N8O.C6H4F2/c20-24-18(25-21)13-3-5-14(6-4-13)23-19(28)16-12-22-27-10-7-15(11-17(16)27)26-8-1-2-9-26;7-5-1-2-6(8)4-3-5/h7,10-14H,1-6,8-9,20-21H2,(H,23,28)(H,24,25);1-4H. The van der Waals surface area contributed by atoms with Crippen LogP contribution in [0, 0.1) is 17.6 Å². The number of nitrogens with two attached hydrogens (primary N) is 2. The number of nitrogens with one attached hydrogen (secondary N) is 2. The molecule has 1 saturated heterocycles. The van der Waals surface area contributed by atoms with Gasteiger partial charge in [0.1, 0.15) is 17.5 Å². The summed E-state index contributed by atoms with van der Waals surface area (Å²) in [5.74, 6) is 10.8. The van der Waals surface area contributed by atoms with Gasteiger partial charge in [-0.25, -0.2) is 19.1 Å². The van der Waals surface area contributed by atoms with E-state index in [2.05, 4.69) is 38.0 Å². The van der Waals surface area contributed by atoms with Crippen molar-refractivity contribution in [3.63, 3.8) is 0 Å². The Kier molecular flexibility index (Phi) is 8.32. The maximum absolute atomic E-state index is 12.9. The molecule has 1 amide bonds. The summed E-state index contributed by atoms with van der Waals surface area (Å²) in [6.45, 7) is 2.14. The van der Waals surface area contributed by atoms with E-state index in [0.717, 1.165) is 74.2 Å². The molecule has 1 saturated carbocycles. The van der Waals surface area contributed by atoms with Crippen molar-refractivity contribution in [1.29, 1.82) is 0 Å². The Morgan fingerprint density at radius 2 is 1.67 bits per heavy atom. The van der Waals surface area contributed by atoms with Gasteiger partial charge in [0.05, 0.1) is 17.3 Å². The van der Waals surface area contributed by atoms with Gasteiger partial charge in [-0.05, 0) is 74.9 Å². The molecule has 1 aliphatic carbocycles. The zero-order valence-corrected chi connectivity index (χ0v) is 20.0. The van der Waals surface area contributed by atoms with Crippen molar-refractivity contribution in [2.75, 3.05) is 18.0 Å². The first kappa shape index (κ1) is 25.4. The van der Waals surface area contributed by atoms with E-state index >= 15 is 0 Å². The third-order valence-electron chi connectivity index (χ3n) is 6.76. The Morgan fingerprint density at radius 1 is 1.03 bits per heavy atom. The summed E-state index contributed by atoms with van der Waals surface area (Å²) in [6.07, 6.45) is 9.54. The molecule has 2 aromatic heterocycles. The van der Waals surface area contributed by atoms with E-state index in [4.69, 9.17) is 11.7 Å². The van der Waals surface area contributed by atoms with E-state index in [9.17, 15) is 13.6 Å². The minimum Gasteiger partial charge on any atom is -0.371 e. The van der Waals surface area contributed by atoms with Gasteiger partial charge in [-0.15, -0.1) is 0 Å². The number of benzene rings is 1. The number of aromatic nitrogens is 2. The van der Waals surface area contributed by atoms with Crippen LogP contribution < -0.4 is 27.3 Å². The number of amides is 1. The largest absolute Gasteiger partial charge is 0.371 e. The van der Waals surface area contributed by atoms with Crippen molar-refractivity contribution in [1.82, 2.24) is 20.4 Å². The van der Waals surface area contributed by atoms with E-state index in [-0.39, 0.29) is 17.9 Å². The van der Waals surface area contributed by atoms with Gasteiger partial charge in [0.25, 0.3) is 5.91 Å². The van der Waals surface area contributed by atoms with Gasteiger partial charge in [0.15, 0.2) is 0 Å². The van der Waals surface area contributed by atoms with Gasteiger partial charge >= 0.3 is 0 Å². The fraction of sp³-hybridized carbons (Fsp3) is 0.400. The van der Waals surface area contributed by atoms with E-state index in [1.807, 2.05) is 6.20 Å². The number of carbonyl (C=O) groups excluding carboxylic acids is 1. The first-order chi connectivity index (χ1) is 17.5. The summed E-state index contributed by atoms with van der Waals surface area (Å²) in [4.78, 5) is 15.3. The summed E-state index contributed by atoms with van der Waals surface area (Å²) >= 11 is 0.